The molecule has 1 amide bonds. The quantitative estimate of drug-likeness (QED) is 0.715. The van der Waals surface area contributed by atoms with Gasteiger partial charge in [-0.3, -0.25) is 4.79 Å². The van der Waals surface area contributed by atoms with Gasteiger partial charge in [0, 0.05) is 18.7 Å². The minimum absolute atomic E-state index is 0. The number of carbonyl (C=O) groups excluding carboxylic acids is 1. The van der Waals surface area contributed by atoms with Crippen molar-refractivity contribution in [3.63, 3.8) is 0 Å². The van der Waals surface area contributed by atoms with Crippen LogP contribution < -0.4 is 11.1 Å². The summed E-state index contributed by atoms with van der Waals surface area (Å²) in [6.07, 6.45) is 1.25. The topological polar surface area (TPSA) is 89.3 Å². The maximum absolute atomic E-state index is 12.2. The maximum Gasteiger partial charge on any atom is 0.236 e. The summed E-state index contributed by atoms with van der Waals surface area (Å²) in [7, 11) is -3.13. The lowest BCUT2D eigenvalue weighted by Crippen LogP contribution is -2.43. The number of sulfone groups is 1. The standard InChI is InChI=1S/C19H24N2O3S.ClH/c1-25(23,24)13-12-18(20)19(22)21-14-17(15-8-4-2-5-9-15)16-10-6-3-7-11-16;/h2-11,17-18H,12-14,20H2,1H3,(H,21,22);1H. The lowest BCUT2D eigenvalue weighted by Gasteiger charge is -2.20. The largest absolute Gasteiger partial charge is 0.354 e. The number of rotatable bonds is 8. The van der Waals surface area contributed by atoms with Gasteiger partial charge in [0.05, 0.1) is 11.8 Å². The first-order chi connectivity index (χ1) is 11.9. The molecule has 2 aromatic rings. The highest BCUT2D eigenvalue weighted by atomic mass is 35.5. The van der Waals surface area contributed by atoms with Crippen LogP contribution in [-0.4, -0.2) is 38.9 Å². The van der Waals surface area contributed by atoms with Crippen LogP contribution in [0.15, 0.2) is 60.7 Å². The summed E-state index contributed by atoms with van der Waals surface area (Å²) in [5, 5.41) is 2.86. The zero-order valence-corrected chi connectivity index (χ0v) is 16.3. The minimum atomic E-state index is -3.13. The molecule has 0 heterocycles. The number of nitrogens with two attached hydrogens (primary N) is 1. The van der Waals surface area contributed by atoms with E-state index in [9.17, 15) is 13.2 Å². The van der Waals surface area contributed by atoms with E-state index < -0.39 is 15.9 Å². The molecule has 0 bridgehead atoms. The number of carbonyl (C=O) groups is 1. The maximum atomic E-state index is 12.2. The summed E-state index contributed by atoms with van der Waals surface area (Å²) < 4.78 is 22.4. The molecule has 0 saturated carbocycles. The third-order valence-corrected chi connectivity index (χ3v) is 5.00. The molecule has 0 aromatic heterocycles. The number of benzene rings is 2. The van der Waals surface area contributed by atoms with Gasteiger partial charge in [0.25, 0.3) is 0 Å². The fraction of sp³-hybridized carbons (Fsp3) is 0.316. The molecule has 142 valence electrons. The Morgan fingerprint density at radius 3 is 1.88 bits per heavy atom. The summed E-state index contributed by atoms with van der Waals surface area (Å²) in [5.74, 6) is -0.420. The van der Waals surface area contributed by atoms with E-state index in [0.29, 0.717) is 6.54 Å². The van der Waals surface area contributed by atoms with Crippen LogP contribution in [0.1, 0.15) is 23.5 Å². The Balaban J connectivity index is 0.00000338. The average Bonchev–Trinajstić information content (AvgIpc) is 2.61. The summed E-state index contributed by atoms with van der Waals surface area (Å²) in [5.41, 5.74) is 8.00. The van der Waals surface area contributed by atoms with Gasteiger partial charge in [0.1, 0.15) is 9.84 Å². The van der Waals surface area contributed by atoms with Crippen LogP contribution in [-0.2, 0) is 14.6 Å². The zero-order valence-electron chi connectivity index (χ0n) is 14.7. The van der Waals surface area contributed by atoms with Crippen LogP contribution in [0.4, 0.5) is 0 Å². The van der Waals surface area contributed by atoms with Gasteiger partial charge in [-0.25, -0.2) is 8.42 Å². The van der Waals surface area contributed by atoms with E-state index in [-0.39, 0.29) is 36.4 Å². The summed E-state index contributed by atoms with van der Waals surface area (Å²) in [4.78, 5) is 12.2. The van der Waals surface area contributed by atoms with Gasteiger partial charge in [-0.15, -0.1) is 12.4 Å². The number of amides is 1. The molecule has 0 radical (unpaired) electrons. The fourth-order valence-corrected chi connectivity index (χ4v) is 3.29. The van der Waals surface area contributed by atoms with Crippen molar-refractivity contribution in [1.29, 1.82) is 0 Å². The molecule has 0 saturated heterocycles. The molecule has 0 aliphatic rings. The third-order valence-electron chi connectivity index (χ3n) is 4.02. The van der Waals surface area contributed by atoms with Crippen LogP contribution in [0, 0.1) is 0 Å². The van der Waals surface area contributed by atoms with Crippen LogP contribution in [0.3, 0.4) is 0 Å². The first-order valence-corrected chi connectivity index (χ1v) is 10.2. The molecule has 7 heteroatoms. The van der Waals surface area contributed by atoms with E-state index in [1.54, 1.807) is 0 Å². The highest BCUT2D eigenvalue weighted by Gasteiger charge is 2.19. The molecular weight excluding hydrogens is 372 g/mol. The van der Waals surface area contributed by atoms with Crippen molar-refractivity contribution in [3.8, 4) is 0 Å². The van der Waals surface area contributed by atoms with Crippen LogP contribution >= 0.6 is 12.4 Å². The number of hydrogen-bond donors (Lipinski definition) is 2. The smallest absolute Gasteiger partial charge is 0.236 e. The zero-order chi connectivity index (χ0) is 18.3. The second-order valence-electron chi connectivity index (χ2n) is 6.14. The SMILES string of the molecule is CS(=O)(=O)CCC(N)C(=O)NCC(c1ccccc1)c1ccccc1.Cl. The molecule has 5 nitrogen and oxygen atoms in total. The van der Waals surface area contributed by atoms with Gasteiger partial charge in [-0.2, -0.15) is 0 Å². The molecule has 0 aliphatic carbocycles. The van der Waals surface area contributed by atoms with Crippen LogP contribution in [0.2, 0.25) is 0 Å². The van der Waals surface area contributed by atoms with E-state index >= 15 is 0 Å². The Morgan fingerprint density at radius 2 is 1.46 bits per heavy atom. The molecule has 1 unspecified atom stereocenters. The molecular formula is C19H25ClN2O3S. The van der Waals surface area contributed by atoms with Gasteiger partial charge in [0.2, 0.25) is 5.91 Å². The Labute approximate surface area is 161 Å². The average molecular weight is 397 g/mol. The summed E-state index contributed by atoms with van der Waals surface area (Å²) >= 11 is 0. The van der Waals surface area contributed by atoms with Crippen molar-refractivity contribution in [2.24, 2.45) is 5.73 Å². The Morgan fingerprint density at radius 1 is 1.00 bits per heavy atom. The molecule has 1 atom stereocenters. The van der Waals surface area contributed by atoms with E-state index in [4.69, 9.17) is 5.73 Å². The molecule has 26 heavy (non-hydrogen) atoms. The number of nitrogens with one attached hydrogen (secondary N) is 1. The van der Waals surface area contributed by atoms with Gasteiger partial charge in [0.15, 0.2) is 0 Å². The van der Waals surface area contributed by atoms with Gasteiger partial charge >= 0.3 is 0 Å². The van der Waals surface area contributed by atoms with Gasteiger partial charge in [-0.05, 0) is 17.5 Å². The van der Waals surface area contributed by atoms with Crippen molar-refractivity contribution < 1.29 is 13.2 Å². The first-order valence-electron chi connectivity index (χ1n) is 8.18. The Hall–Kier alpha value is -1.89. The van der Waals surface area contributed by atoms with E-state index in [0.717, 1.165) is 17.4 Å². The van der Waals surface area contributed by atoms with Crippen molar-refractivity contribution in [3.05, 3.63) is 71.8 Å². The minimum Gasteiger partial charge on any atom is -0.354 e. The Kier molecular flexibility index (Phi) is 8.78. The molecule has 0 aliphatic heterocycles. The second kappa shape index (κ2) is 10.3. The third kappa shape index (κ3) is 7.15. The molecule has 0 spiro atoms. The highest BCUT2D eigenvalue weighted by Crippen LogP contribution is 2.23. The first kappa shape index (κ1) is 22.2. The van der Waals surface area contributed by atoms with Crippen molar-refractivity contribution in [2.75, 3.05) is 18.6 Å². The van der Waals surface area contributed by atoms with E-state index in [1.165, 1.54) is 0 Å². The Bertz CT molecular complexity index is 743. The monoisotopic (exact) mass is 396 g/mol. The lowest BCUT2D eigenvalue weighted by atomic mass is 9.91. The number of hydrogen-bond acceptors (Lipinski definition) is 4. The van der Waals surface area contributed by atoms with Crippen molar-refractivity contribution >= 4 is 28.2 Å². The summed E-state index contributed by atoms with van der Waals surface area (Å²) in [6, 6.07) is 19.0. The highest BCUT2D eigenvalue weighted by molar-refractivity contribution is 7.90. The number of halogens is 1. The fourth-order valence-electron chi connectivity index (χ4n) is 2.60. The van der Waals surface area contributed by atoms with Crippen molar-refractivity contribution in [2.45, 2.75) is 18.4 Å². The summed E-state index contributed by atoms with van der Waals surface area (Å²) in [6.45, 7) is 0.402. The second-order valence-corrected chi connectivity index (χ2v) is 8.40. The molecule has 2 aromatic carbocycles. The predicted octanol–water partition coefficient (Wildman–Crippen LogP) is 2.12. The molecule has 3 N–H and O–H groups in total. The van der Waals surface area contributed by atoms with Gasteiger partial charge in [-0.1, -0.05) is 60.7 Å². The van der Waals surface area contributed by atoms with Crippen LogP contribution in [0.5, 0.6) is 0 Å². The predicted molar refractivity (Wildman–Crippen MR) is 107 cm³/mol. The lowest BCUT2D eigenvalue weighted by molar-refractivity contribution is -0.122. The van der Waals surface area contributed by atoms with Crippen molar-refractivity contribution in [1.82, 2.24) is 5.32 Å². The van der Waals surface area contributed by atoms with E-state index in [1.807, 2.05) is 60.7 Å². The normalized spacial score (nSPS) is 12.3. The van der Waals surface area contributed by atoms with Crippen LogP contribution in [0.25, 0.3) is 0 Å². The van der Waals surface area contributed by atoms with E-state index in [2.05, 4.69) is 5.32 Å². The van der Waals surface area contributed by atoms with Gasteiger partial charge < -0.3 is 11.1 Å². The molecule has 0 fully saturated rings. The molecule has 2 rings (SSSR count).